The fourth-order valence-corrected chi connectivity index (χ4v) is 4.02. The number of sulfonamides is 1. The van der Waals surface area contributed by atoms with Crippen LogP contribution in [-0.4, -0.2) is 31.2 Å². The molecule has 0 spiro atoms. The van der Waals surface area contributed by atoms with Crippen LogP contribution in [0.3, 0.4) is 0 Å². The van der Waals surface area contributed by atoms with Crippen LogP contribution in [0.4, 0.5) is 0 Å². The zero-order valence-electron chi connectivity index (χ0n) is 12.5. The molecule has 0 aromatic heterocycles. The zero-order chi connectivity index (χ0) is 17.0. The van der Waals surface area contributed by atoms with Gasteiger partial charge in [0.15, 0.2) is 0 Å². The molecule has 0 aliphatic carbocycles. The lowest BCUT2D eigenvalue weighted by Crippen LogP contribution is -2.46. The van der Waals surface area contributed by atoms with Crippen LogP contribution >= 0.6 is 11.8 Å². The maximum absolute atomic E-state index is 12.1. The Morgan fingerprint density at radius 3 is 2.33 bits per heavy atom. The molecule has 0 bridgehead atoms. The van der Waals surface area contributed by atoms with Crippen LogP contribution in [0.25, 0.3) is 0 Å². The van der Waals surface area contributed by atoms with E-state index in [1.54, 1.807) is 18.2 Å². The van der Waals surface area contributed by atoms with Crippen LogP contribution in [0, 0.1) is 0 Å². The molecular weight excluding hydrogens is 346 g/mol. The van der Waals surface area contributed by atoms with Gasteiger partial charge in [-0.05, 0) is 12.1 Å². The Morgan fingerprint density at radius 2 is 1.67 bits per heavy atom. The Hall–Kier alpha value is -2.16. The van der Waals surface area contributed by atoms with Crippen LogP contribution in [0.2, 0.25) is 0 Å². The molecule has 6 nitrogen and oxygen atoms in total. The lowest BCUT2D eigenvalue weighted by Gasteiger charge is -2.10. The number of nitrogens with one attached hydrogen (secondary N) is 2. The minimum Gasteiger partial charge on any atom is -0.276 e. The summed E-state index contributed by atoms with van der Waals surface area (Å²) in [6, 6.07) is 16.8. The van der Waals surface area contributed by atoms with Crippen LogP contribution in [0.15, 0.2) is 70.6 Å². The minimum absolute atomic E-state index is 0.0829. The summed E-state index contributed by atoms with van der Waals surface area (Å²) >= 11 is 1.47. The number of amides is 1. The van der Waals surface area contributed by atoms with Crippen molar-refractivity contribution in [2.75, 3.05) is 5.75 Å². The van der Waals surface area contributed by atoms with Gasteiger partial charge in [0.2, 0.25) is 0 Å². The molecular formula is C16H15N3O3S2. The van der Waals surface area contributed by atoms with Crippen LogP contribution < -0.4 is 10.3 Å². The summed E-state index contributed by atoms with van der Waals surface area (Å²) in [6.45, 7) is 0. The van der Waals surface area contributed by atoms with E-state index >= 15 is 0 Å². The minimum atomic E-state index is -3.79. The number of hydrogen-bond donors (Lipinski definition) is 2. The Labute approximate surface area is 144 Å². The van der Waals surface area contributed by atoms with E-state index in [1.807, 2.05) is 30.3 Å². The Balaban J connectivity index is 1.63. The molecule has 8 heteroatoms. The number of carbonyl (C=O) groups excluding carboxylic acids is 1. The number of aliphatic imine (C=N–C) groups is 1. The number of rotatable bonds is 5. The van der Waals surface area contributed by atoms with Crippen molar-refractivity contribution in [3.63, 3.8) is 0 Å². The third kappa shape index (κ3) is 3.84. The number of hydrazine groups is 1. The first-order chi connectivity index (χ1) is 11.6. The van der Waals surface area contributed by atoms with Crippen LogP contribution in [0.1, 0.15) is 5.56 Å². The van der Waals surface area contributed by atoms with Gasteiger partial charge in [-0.25, -0.2) is 8.42 Å². The van der Waals surface area contributed by atoms with Crippen molar-refractivity contribution in [3.05, 3.63) is 66.2 Å². The number of nitrogens with zero attached hydrogens (tertiary/aromatic N) is 1. The molecule has 0 radical (unpaired) electrons. The standard InChI is InChI=1S/C16H15N3O3S2/c20-15(18-19-24(21,22)13-9-5-2-6-10-13)14-11-23-16(17-14)12-7-3-1-4-8-12/h1-10,14,19H,11H2,(H,18,20)/t14-/m0/s1. The van der Waals surface area contributed by atoms with E-state index in [9.17, 15) is 13.2 Å². The van der Waals surface area contributed by atoms with E-state index < -0.39 is 22.0 Å². The first-order valence-electron chi connectivity index (χ1n) is 7.19. The van der Waals surface area contributed by atoms with E-state index in [2.05, 4.69) is 15.2 Å². The van der Waals surface area contributed by atoms with Gasteiger partial charge >= 0.3 is 0 Å². The third-order valence-corrected chi connectivity index (χ3v) is 5.70. The molecule has 3 rings (SSSR count). The highest BCUT2D eigenvalue weighted by atomic mass is 32.2. The molecule has 24 heavy (non-hydrogen) atoms. The zero-order valence-corrected chi connectivity index (χ0v) is 14.2. The topological polar surface area (TPSA) is 87.6 Å². The quantitative estimate of drug-likeness (QED) is 0.791. The highest BCUT2D eigenvalue weighted by molar-refractivity contribution is 8.14. The van der Waals surface area contributed by atoms with Gasteiger partial charge < -0.3 is 0 Å². The van der Waals surface area contributed by atoms with Gasteiger partial charge in [0, 0.05) is 11.3 Å². The molecule has 1 atom stereocenters. The first-order valence-corrected chi connectivity index (χ1v) is 9.66. The van der Waals surface area contributed by atoms with Gasteiger partial charge in [-0.15, -0.1) is 16.6 Å². The molecule has 0 unspecified atom stereocenters. The fourth-order valence-electron chi connectivity index (χ4n) is 2.11. The molecule has 0 saturated heterocycles. The van der Waals surface area contributed by atoms with Crippen molar-refractivity contribution in [1.82, 2.24) is 10.3 Å². The normalized spacial score (nSPS) is 17.3. The lowest BCUT2D eigenvalue weighted by atomic mass is 10.2. The number of thioether (sulfide) groups is 1. The fraction of sp³-hybridized carbons (Fsp3) is 0.125. The number of benzene rings is 2. The van der Waals surface area contributed by atoms with Gasteiger partial charge in [0.05, 0.1) is 9.94 Å². The average Bonchev–Trinajstić information content (AvgIpc) is 3.11. The van der Waals surface area contributed by atoms with Crippen molar-refractivity contribution < 1.29 is 13.2 Å². The summed E-state index contributed by atoms with van der Waals surface area (Å²) in [5.41, 5.74) is 3.18. The van der Waals surface area contributed by atoms with E-state index in [4.69, 9.17) is 0 Å². The average molecular weight is 361 g/mol. The predicted octanol–water partition coefficient (Wildman–Crippen LogP) is 1.56. The third-order valence-electron chi connectivity index (χ3n) is 3.34. The first kappa shape index (κ1) is 16.7. The monoisotopic (exact) mass is 361 g/mol. The van der Waals surface area contributed by atoms with E-state index in [0.29, 0.717) is 5.75 Å². The number of carbonyl (C=O) groups is 1. The molecule has 1 aliphatic rings. The molecule has 2 aromatic rings. The van der Waals surface area contributed by atoms with Crippen molar-refractivity contribution in [1.29, 1.82) is 0 Å². The lowest BCUT2D eigenvalue weighted by molar-refractivity contribution is -0.122. The summed E-state index contributed by atoms with van der Waals surface area (Å²) in [5, 5.41) is 0.779. The summed E-state index contributed by atoms with van der Waals surface area (Å²) < 4.78 is 24.1. The molecule has 0 fully saturated rings. The number of hydrogen-bond acceptors (Lipinski definition) is 5. The Kier molecular flexibility index (Phi) is 4.98. The van der Waals surface area contributed by atoms with Crippen LogP contribution in [0.5, 0.6) is 0 Å². The second-order valence-corrected chi connectivity index (χ2v) is 7.73. The van der Waals surface area contributed by atoms with Gasteiger partial charge in [-0.2, -0.15) is 0 Å². The van der Waals surface area contributed by atoms with E-state index in [-0.39, 0.29) is 4.90 Å². The summed E-state index contributed by atoms with van der Waals surface area (Å²) in [4.78, 5) is 18.7. The second-order valence-electron chi connectivity index (χ2n) is 5.03. The van der Waals surface area contributed by atoms with Crippen molar-refractivity contribution in [2.24, 2.45) is 4.99 Å². The predicted molar refractivity (Wildman–Crippen MR) is 94.1 cm³/mol. The maximum atomic E-state index is 12.1. The summed E-state index contributed by atoms with van der Waals surface area (Å²) in [7, 11) is -3.79. The Morgan fingerprint density at radius 1 is 1.04 bits per heavy atom. The van der Waals surface area contributed by atoms with Gasteiger partial charge in [-0.3, -0.25) is 15.2 Å². The molecule has 0 saturated carbocycles. The molecule has 124 valence electrons. The van der Waals surface area contributed by atoms with Gasteiger partial charge in [-0.1, -0.05) is 48.5 Å². The van der Waals surface area contributed by atoms with Crippen molar-refractivity contribution in [2.45, 2.75) is 10.9 Å². The summed E-state index contributed by atoms with van der Waals surface area (Å²) in [5.74, 6) is -0.00344. The second kappa shape index (κ2) is 7.16. The van der Waals surface area contributed by atoms with Crippen LogP contribution in [-0.2, 0) is 14.8 Å². The maximum Gasteiger partial charge on any atom is 0.260 e. The molecule has 2 N–H and O–H groups in total. The summed E-state index contributed by atoms with van der Waals surface area (Å²) in [6.07, 6.45) is 0. The highest BCUT2D eigenvalue weighted by Crippen LogP contribution is 2.23. The van der Waals surface area contributed by atoms with E-state index in [1.165, 1.54) is 23.9 Å². The molecule has 1 aliphatic heterocycles. The highest BCUT2D eigenvalue weighted by Gasteiger charge is 2.26. The van der Waals surface area contributed by atoms with Crippen molar-refractivity contribution >= 4 is 32.7 Å². The molecule has 1 heterocycles. The van der Waals surface area contributed by atoms with E-state index in [0.717, 1.165) is 10.6 Å². The largest absolute Gasteiger partial charge is 0.276 e. The smallest absolute Gasteiger partial charge is 0.260 e. The molecule has 2 aromatic carbocycles. The van der Waals surface area contributed by atoms with Crippen molar-refractivity contribution in [3.8, 4) is 0 Å². The SMILES string of the molecule is O=C(NNS(=O)(=O)c1ccccc1)[C@@H]1CSC(c2ccccc2)=N1. The van der Waals surface area contributed by atoms with Gasteiger partial charge in [0.25, 0.3) is 15.9 Å². The van der Waals surface area contributed by atoms with Gasteiger partial charge in [0.1, 0.15) is 6.04 Å². The Bertz CT molecular complexity index is 853. The molecule has 1 amide bonds.